The van der Waals surface area contributed by atoms with Crippen LogP contribution in [-0.4, -0.2) is 23.7 Å². The normalized spacial score (nSPS) is 12.5. The van der Waals surface area contributed by atoms with Gasteiger partial charge in [0.15, 0.2) is 5.82 Å². The van der Waals surface area contributed by atoms with Crippen LogP contribution in [0, 0.1) is 0 Å². The Labute approximate surface area is 717 Å². The lowest BCUT2D eigenvalue weighted by atomic mass is 9.99. The van der Waals surface area contributed by atoms with Gasteiger partial charge in [-0.15, -0.1) is 0 Å². The molecule has 0 amide bonds. The minimum Gasteiger partial charge on any atom is -0.309 e. The largest absolute Gasteiger partial charge is 0.309 e. The Morgan fingerprint density at radius 3 is 0.831 bits per heavy atom. The van der Waals surface area contributed by atoms with Crippen molar-refractivity contribution in [3.63, 3.8) is 0 Å². The first kappa shape index (κ1) is 70.6. The van der Waals surface area contributed by atoms with Crippen molar-refractivity contribution in [3.8, 4) is 100 Å². The number of nitrogens with zero attached hydrogens (tertiary/aromatic N) is 5. The molecule has 0 saturated carbocycles. The molecule has 0 N–H and O–H groups in total. The van der Waals surface area contributed by atoms with Gasteiger partial charge in [0.05, 0.1) is 44.3 Å². The van der Waals surface area contributed by atoms with Gasteiger partial charge in [0.25, 0.3) is 0 Å². The second-order valence-electron chi connectivity index (χ2n) is 32.8. The van der Waals surface area contributed by atoms with Crippen LogP contribution < -0.4 is 0 Å². The summed E-state index contributed by atoms with van der Waals surface area (Å²) in [6, 6.07) is 163. The minimum atomic E-state index is -0.667. The fourth-order valence-electron chi connectivity index (χ4n) is 20.4. The van der Waals surface area contributed by atoms with E-state index < -0.39 is 22.6 Å². The number of hydrogen-bond acceptors (Lipinski definition) is 2. The van der Waals surface area contributed by atoms with Crippen molar-refractivity contribution in [1.82, 2.24) is 23.7 Å². The summed E-state index contributed by atoms with van der Waals surface area (Å²) in [4.78, 5) is 11.5. The summed E-state index contributed by atoms with van der Waals surface area (Å²) in [5.41, 5.74) is 23.0. The number of para-hydroxylation sites is 3. The second kappa shape index (κ2) is 28.2. The molecular weight excluding hydrogens is 1560 g/mol. The van der Waals surface area contributed by atoms with E-state index in [1.165, 1.54) is 145 Å². The Kier molecular flexibility index (Phi) is 16.1. The molecule has 0 fully saturated rings. The van der Waals surface area contributed by atoms with Crippen molar-refractivity contribution in [2.75, 3.05) is 0 Å². The number of aromatic nitrogens is 5. The van der Waals surface area contributed by atoms with Crippen molar-refractivity contribution < 1.29 is 0 Å². The first-order chi connectivity index (χ1) is 61.5. The maximum Gasteiger partial charge on any atom is 0.160 e. The number of rotatable bonds is 12. The molecule has 0 saturated heterocycles. The lowest BCUT2D eigenvalue weighted by Gasteiger charge is -2.15. The zero-order chi connectivity index (χ0) is 81.2. The van der Waals surface area contributed by atoms with Gasteiger partial charge in [0, 0.05) is 96.6 Å². The molecule has 3 unspecified atom stereocenters. The monoisotopic (exact) mass is 1630 g/mol. The zero-order valence-electron chi connectivity index (χ0n) is 67.1. The van der Waals surface area contributed by atoms with Gasteiger partial charge in [0.2, 0.25) is 0 Å². The fourth-order valence-corrected chi connectivity index (χ4v) is 28.2. The van der Waals surface area contributed by atoms with Gasteiger partial charge >= 0.3 is 0 Å². The lowest BCUT2D eigenvalue weighted by molar-refractivity contribution is 1.17. The van der Waals surface area contributed by atoms with Crippen LogP contribution in [0.1, 0.15) is 0 Å². The fraction of sp³-hybridized carbons (Fsp3) is 0. The van der Waals surface area contributed by atoms with Gasteiger partial charge in [0.1, 0.15) is 0 Å². The molecule has 19 aromatic carbocycles. The second-order valence-corrected chi connectivity index (χ2v) is 39.2. The molecule has 0 radical (unpaired) electrons. The summed E-state index contributed by atoms with van der Waals surface area (Å²) in [6.45, 7) is 0. The summed E-state index contributed by atoms with van der Waals surface area (Å²) in [5.74, 6) is 0.645. The molecule has 0 aliphatic heterocycles. The average Bonchev–Trinajstić information content (AvgIpc) is 1.56. The van der Waals surface area contributed by atoms with Crippen LogP contribution in [0.2, 0.25) is 0 Å². The maximum absolute atomic E-state index is 5.85. The topological polar surface area (TPSA) is 40.6 Å². The van der Waals surface area contributed by atoms with Crippen molar-refractivity contribution in [2.24, 2.45) is 0 Å². The van der Waals surface area contributed by atoms with E-state index in [1.807, 2.05) is 0 Å². The summed E-state index contributed by atoms with van der Waals surface area (Å²) >= 11 is 0. The summed E-state index contributed by atoms with van der Waals surface area (Å²) < 4.78 is 7.31. The van der Waals surface area contributed by atoms with Crippen LogP contribution in [0.25, 0.3) is 239 Å². The van der Waals surface area contributed by atoms with E-state index in [4.69, 9.17) is 9.97 Å². The van der Waals surface area contributed by atoms with E-state index in [0.29, 0.717) is 5.82 Å². The summed E-state index contributed by atoms with van der Waals surface area (Å²) in [5, 5.41) is 28.9. The molecule has 26 rings (SSSR count). The van der Waals surface area contributed by atoms with Crippen molar-refractivity contribution in [2.45, 2.75) is 0 Å². The van der Waals surface area contributed by atoms with E-state index >= 15 is 0 Å². The van der Waals surface area contributed by atoms with E-state index in [2.05, 4.69) is 450 Å². The van der Waals surface area contributed by atoms with Crippen LogP contribution in [0.5, 0.6) is 0 Å². The first-order valence-electron chi connectivity index (χ1n) is 42.5. The highest BCUT2D eigenvalue weighted by molar-refractivity contribution is 7.68. The Morgan fingerprint density at radius 2 is 0.435 bits per heavy atom. The Morgan fingerprint density at radius 1 is 0.161 bits per heavy atom. The van der Waals surface area contributed by atoms with Gasteiger partial charge in [-0.2, -0.15) is 0 Å². The first-order valence-corrected chi connectivity index (χ1v) is 46.5. The lowest BCUT2D eigenvalue weighted by Crippen LogP contribution is -1.99. The molecule has 5 nitrogen and oxygen atoms in total. The number of fused-ring (bicyclic) bond motifs is 19. The minimum absolute atomic E-state index is 0.645. The predicted molar refractivity (Wildman–Crippen MR) is 532 cm³/mol. The SMILES string of the molecule is c1ccc(-p2c3ccccc3c3cc(-c4ccc5c(c4)c4ccccc4n5-c4cccc(-c5ccc6nc(-c7cccc(-n8c9ccccc9c9cc(-c%10ccc%11c(c%10)c%10ccccc%10p%11-c%10ccccc%10)ccc98)c7)nc(-c7cccc(-n8c9ccccc9c9cc(-c%10ccc%11c(c%10)c%10ccccc%10p%11-c%10ccccc%10)ccc98)c7)c6c5)c4)ccc32)cc1. The molecule has 3 atom stereocenters. The molecule has 576 valence electrons. The summed E-state index contributed by atoms with van der Waals surface area (Å²) in [6.07, 6.45) is 0. The van der Waals surface area contributed by atoms with E-state index in [9.17, 15) is 0 Å². The predicted octanol–water partition coefficient (Wildman–Crippen LogP) is 33.8. The Bertz CT molecular complexity index is 8950. The van der Waals surface area contributed by atoms with Crippen LogP contribution in [0.3, 0.4) is 0 Å². The molecule has 0 aliphatic rings. The number of hydrogen-bond donors (Lipinski definition) is 0. The molecule has 8 heteroatoms. The third-order valence-corrected chi connectivity index (χ3v) is 33.6. The molecule has 7 heterocycles. The third-order valence-electron chi connectivity index (χ3n) is 26.0. The molecule has 26 aromatic rings. The van der Waals surface area contributed by atoms with Crippen molar-refractivity contribution >= 4 is 162 Å². The number of benzene rings is 19. The highest BCUT2D eigenvalue weighted by Gasteiger charge is 2.25. The van der Waals surface area contributed by atoms with Gasteiger partial charge < -0.3 is 13.7 Å². The van der Waals surface area contributed by atoms with Crippen LogP contribution in [0.15, 0.2) is 437 Å². The Hall–Kier alpha value is -15.2. The molecule has 0 bridgehead atoms. The molecule has 0 aliphatic carbocycles. The van der Waals surface area contributed by atoms with Gasteiger partial charge in [-0.3, -0.25) is 0 Å². The Balaban J connectivity index is 0.604. The molecular formula is C116H72N5P3. The van der Waals surface area contributed by atoms with Gasteiger partial charge in [-0.1, -0.05) is 320 Å². The van der Waals surface area contributed by atoms with Gasteiger partial charge in [-0.05, 0) is 232 Å². The van der Waals surface area contributed by atoms with Crippen molar-refractivity contribution in [3.05, 3.63) is 437 Å². The standard InChI is InChI=1S/C116H72N5P3/c1-4-31-86(32-5-1)122-109-46-19-13-40-92(109)98-69-78(53-60-112(98)122)75-50-57-106-95(66-75)89-37-10-16-43-103(89)119(106)83-28-22-25-73(63-83)74-49-56-102-101(72-74)115(81-26-23-29-84(64-81)120-104-44-17-11-38-90(104)96-67-76(51-58-107(96)120)79-54-61-113-99(70-79)93-41-14-20-47-110(93)123(113)87-33-6-2-7-34-87)118-116(117-102)82-27-24-30-85(65-82)121-105-45-18-12-39-91(105)97-68-77(52-59-108(97)121)80-55-62-114-100(71-80)94-42-15-21-48-111(94)124(114)88-35-8-3-9-36-88/h1-72H. The highest BCUT2D eigenvalue weighted by atomic mass is 31.1. The quantitative estimate of drug-likeness (QED) is 0.122. The van der Waals surface area contributed by atoms with Crippen LogP contribution >= 0.6 is 22.6 Å². The van der Waals surface area contributed by atoms with E-state index in [0.717, 1.165) is 89.0 Å². The highest BCUT2D eigenvalue weighted by Crippen LogP contribution is 2.59. The molecule has 0 spiro atoms. The van der Waals surface area contributed by atoms with Gasteiger partial charge in [-0.25, -0.2) is 9.97 Å². The van der Waals surface area contributed by atoms with E-state index in [-0.39, 0.29) is 0 Å². The van der Waals surface area contributed by atoms with Crippen LogP contribution in [-0.2, 0) is 0 Å². The summed E-state index contributed by atoms with van der Waals surface area (Å²) in [7, 11) is -1.98. The van der Waals surface area contributed by atoms with Crippen molar-refractivity contribution in [1.29, 1.82) is 0 Å². The molecule has 124 heavy (non-hydrogen) atoms. The third kappa shape index (κ3) is 11.1. The average molecular weight is 1630 g/mol. The molecule has 7 aromatic heterocycles. The van der Waals surface area contributed by atoms with Crippen LogP contribution in [0.4, 0.5) is 0 Å². The smallest absolute Gasteiger partial charge is 0.160 e. The maximum atomic E-state index is 5.85. The zero-order valence-corrected chi connectivity index (χ0v) is 69.8. The van der Waals surface area contributed by atoms with E-state index in [1.54, 1.807) is 0 Å².